The third kappa shape index (κ3) is 3.83. The summed E-state index contributed by atoms with van der Waals surface area (Å²) in [4.78, 5) is 6.93. The van der Waals surface area contributed by atoms with Crippen LogP contribution in [0.2, 0.25) is 0 Å². The summed E-state index contributed by atoms with van der Waals surface area (Å²) < 4.78 is 17.3. The lowest BCUT2D eigenvalue weighted by molar-refractivity contribution is 0.174. The fourth-order valence-corrected chi connectivity index (χ4v) is 4.70. The number of nitrogens with zero attached hydrogens (tertiary/aromatic N) is 2. The van der Waals surface area contributed by atoms with Crippen LogP contribution in [0.5, 0.6) is 17.2 Å². The van der Waals surface area contributed by atoms with Gasteiger partial charge in [0, 0.05) is 30.6 Å². The first-order valence-corrected chi connectivity index (χ1v) is 11.3. The molecule has 0 radical (unpaired) electrons. The number of nitrogens with two attached hydrogens (primary N) is 1. The van der Waals surface area contributed by atoms with Crippen molar-refractivity contribution < 1.29 is 14.2 Å². The molecular weight excluding hydrogens is 414 g/mol. The van der Waals surface area contributed by atoms with E-state index in [-0.39, 0.29) is 0 Å². The van der Waals surface area contributed by atoms with Gasteiger partial charge in [0.1, 0.15) is 18.2 Å². The zero-order valence-electron chi connectivity index (χ0n) is 18.3. The van der Waals surface area contributed by atoms with Gasteiger partial charge >= 0.3 is 0 Å². The molecule has 1 aromatic heterocycles. The fraction of sp³-hybridized carbons (Fsp3) is 0.222. The third-order valence-electron chi connectivity index (χ3n) is 6.38. The van der Waals surface area contributed by atoms with E-state index in [0.29, 0.717) is 19.2 Å². The minimum Gasteiger partial charge on any atom is -0.492 e. The predicted molar refractivity (Wildman–Crippen MR) is 129 cm³/mol. The first-order valence-electron chi connectivity index (χ1n) is 11.3. The zero-order chi connectivity index (χ0) is 22.2. The molecule has 166 valence electrons. The van der Waals surface area contributed by atoms with Gasteiger partial charge in [-0.15, -0.1) is 0 Å². The highest BCUT2D eigenvalue weighted by molar-refractivity contribution is 5.99. The van der Waals surface area contributed by atoms with Crippen LogP contribution in [0, 0.1) is 0 Å². The van der Waals surface area contributed by atoms with Crippen molar-refractivity contribution in [3.05, 3.63) is 77.9 Å². The maximum atomic E-state index is 6.27. The Kier molecular flexibility index (Phi) is 5.00. The lowest BCUT2D eigenvalue weighted by Gasteiger charge is -2.28. The van der Waals surface area contributed by atoms with E-state index in [1.54, 1.807) is 6.07 Å². The summed E-state index contributed by atoms with van der Waals surface area (Å²) in [6.07, 6.45) is 1.01. The van der Waals surface area contributed by atoms with Crippen molar-refractivity contribution in [2.45, 2.75) is 13.0 Å². The minimum absolute atomic E-state index is 0.316. The van der Waals surface area contributed by atoms with Gasteiger partial charge in [-0.2, -0.15) is 0 Å². The number of rotatable bonds is 5. The number of fused-ring (bicyclic) bond motifs is 3. The van der Waals surface area contributed by atoms with E-state index in [1.807, 2.05) is 30.3 Å². The molecule has 6 heteroatoms. The average molecular weight is 440 g/mol. The topological polar surface area (TPSA) is 69.8 Å². The molecule has 4 aromatic rings. The maximum absolute atomic E-state index is 6.27. The van der Waals surface area contributed by atoms with Crippen LogP contribution in [0.3, 0.4) is 0 Å². The van der Waals surface area contributed by atoms with Crippen LogP contribution in [0.25, 0.3) is 22.0 Å². The van der Waals surface area contributed by atoms with E-state index in [2.05, 4.69) is 40.2 Å². The predicted octanol–water partition coefficient (Wildman–Crippen LogP) is 4.65. The molecule has 2 aliphatic rings. The molecule has 3 heterocycles. The lowest BCUT2D eigenvalue weighted by atomic mass is 9.99. The van der Waals surface area contributed by atoms with Gasteiger partial charge in [-0.3, -0.25) is 4.90 Å². The van der Waals surface area contributed by atoms with Gasteiger partial charge in [0.2, 0.25) is 6.79 Å². The molecular formula is C27H25N3O3. The van der Waals surface area contributed by atoms with E-state index in [1.165, 1.54) is 11.1 Å². The number of ether oxygens (including phenoxy) is 3. The summed E-state index contributed by atoms with van der Waals surface area (Å²) in [5, 5.41) is 2.19. The quantitative estimate of drug-likeness (QED) is 0.488. The molecule has 3 aromatic carbocycles. The zero-order valence-corrected chi connectivity index (χ0v) is 18.3. The highest BCUT2D eigenvalue weighted by Crippen LogP contribution is 2.37. The van der Waals surface area contributed by atoms with Crippen LogP contribution in [0.15, 0.2) is 66.7 Å². The average Bonchev–Trinajstić information content (AvgIpc) is 3.30. The molecule has 0 spiro atoms. The van der Waals surface area contributed by atoms with Crippen molar-refractivity contribution in [1.82, 2.24) is 9.88 Å². The SMILES string of the molecule is Nc1cccc(-c2ccc(OCCN3CCc4cc5c(cc4C3)OCO5)c3ccccc23)n1. The molecule has 0 bridgehead atoms. The van der Waals surface area contributed by atoms with Crippen molar-refractivity contribution >= 4 is 16.6 Å². The smallest absolute Gasteiger partial charge is 0.231 e. The summed E-state index contributed by atoms with van der Waals surface area (Å²) in [6.45, 7) is 3.71. The molecule has 0 amide bonds. The van der Waals surface area contributed by atoms with Crippen LogP contribution < -0.4 is 19.9 Å². The number of anilines is 1. The Labute approximate surface area is 192 Å². The van der Waals surface area contributed by atoms with Crippen molar-refractivity contribution in [2.75, 3.05) is 32.2 Å². The molecule has 0 saturated carbocycles. The monoisotopic (exact) mass is 439 g/mol. The molecule has 6 rings (SSSR count). The largest absolute Gasteiger partial charge is 0.492 e. The Balaban J connectivity index is 1.17. The number of nitrogen functional groups attached to an aromatic ring is 1. The Morgan fingerprint density at radius 3 is 2.58 bits per heavy atom. The van der Waals surface area contributed by atoms with E-state index in [0.717, 1.165) is 65.3 Å². The molecule has 0 atom stereocenters. The minimum atomic E-state index is 0.316. The second-order valence-corrected chi connectivity index (χ2v) is 8.45. The Morgan fingerprint density at radius 1 is 0.909 bits per heavy atom. The second-order valence-electron chi connectivity index (χ2n) is 8.45. The van der Waals surface area contributed by atoms with E-state index in [4.69, 9.17) is 19.9 Å². The number of hydrogen-bond donors (Lipinski definition) is 1. The molecule has 2 aliphatic heterocycles. The van der Waals surface area contributed by atoms with Crippen molar-refractivity contribution in [3.63, 3.8) is 0 Å². The van der Waals surface area contributed by atoms with Crippen LogP contribution in [-0.2, 0) is 13.0 Å². The summed E-state index contributed by atoms with van der Waals surface area (Å²) in [5.74, 6) is 3.13. The number of pyridine rings is 1. The molecule has 2 N–H and O–H groups in total. The molecule has 0 aliphatic carbocycles. The standard InChI is InChI=1S/C27H25N3O3/c28-27-7-3-6-23(29-27)21-8-9-24(22-5-2-1-4-20(21)22)31-13-12-30-11-10-18-14-25-26(33-17-32-25)15-19(18)16-30/h1-9,14-15H,10-13,16-17H2,(H2,28,29). The highest BCUT2D eigenvalue weighted by atomic mass is 16.7. The first kappa shape index (κ1) is 19.9. The molecule has 0 saturated heterocycles. The van der Waals surface area contributed by atoms with E-state index in [9.17, 15) is 0 Å². The normalized spacial score (nSPS) is 14.9. The van der Waals surface area contributed by atoms with Gasteiger partial charge < -0.3 is 19.9 Å². The van der Waals surface area contributed by atoms with E-state index >= 15 is 0 Å². The highest BCUT2D eigenvalue weighted by Gasteiger charge is 2.22. The van der Waals surface area contributed by atoms with Gasteiger partial charge in [0.25, 0.3) is 0 Å². The maximum Gasteiger partial charge on any atom is 0.231 e. The number of benzene rings is 3. The fourth-order valence-electron chi connectivity index (χ4n) is 4.70. The van der Waals surface area contributed by atoms with Crippen LogP contribution in [-0.4, -0.2) is 36.4 Å². The third-order valence-corrected chi connectivity index (χ3v) is 6.38. The summed E-state index contributed by atoms with van der Waals surface area (Å²) in [7, 11) is 0. The molecule has 0 fully saturated rings. The summed E-state index contributed by atoms with van der Waals surface area (Å²) >= 11 is 0. The van der Waals surface area contributed by atoms with Crippen molar-refractivity contribution in [1.29, 1.82) is 0 Å². The van der Waals surface area contributed by atoms with Gasteiger partial charge in [0.05, 0.1) is 5.69 Å². The Morgan fingerprint density at radius 2 is 1.73 bits per heavy atom. The van der Waals surface area contributed by atoms with Gasteiger partial charge in [-0.1, -0.05) is 30.3 Å². The van der Waals surface area contributed by atoms with Crippen LogP contribution >= 0.6 is 0 Å². The lowest BCUT2D eigenvalue weighted by Crippen LogP contribution is -2.33. The Hall–Kier alpha value is -3.77. The van der Waals surface area contributed by atoms with Crippen molar-refractivity contribution in [2.24, 2.45) is 0 Å². The molecule has 33 heavy (non-hydrogen) atoms. The Bertz CT molecular complexity index is 1340. The number of hydrogen-bond acceptors (Lipinski definition) is 6. The van der Waals surface area contributed by atoms with Crippen LogP contribution in [0.1, 0.15) is 11.1 Å². The van der Waals surface area contributed by atoms with Gasteiger partial charge in [-0.25, -0.2) is 4.98 Å². The van der Waals surface area contributed by atoms with Gasteiger partial charge in [0.15, 0.2) is 11.5 Å². The van der Waals surface area contributed by atoms with Crippen molar-refractivity contribution in [3.8, 4) is 28.5 Å². The molecule has 6 nitrogen and oxygen atoms in total. The first-order chi connectivity index (χ1) is 16.2. The second kappa shape index (κ2) is 8.30. The number of aromatic nitrogens is 1. The van der Waals surface area contributed by atoms with Crippen LogP contribution in [0.4, 0.5) is 5.82 Å². The van der Waals surface area contributed by atoms with Gasteiger partial charge in [-0.05, 0) is 59.3 Å². The summed E-state index contributed by atoms with van der Waals surface area (Å²) in [6, 6.07) is 22.4. The van der Waals surface area contributed by atoms with E-state index < -0.39 is 0 Å². The summed E-state index contributed by atoms with van der Waals surface area (Å²) in [5.41, 5.74) is 10.5. The molecule has 0 unspecified atom stereocenters.